The third-order valence-corrected chi connectivity index (χ3v) is 6.76. The summed E-state index contributed by atoms with van der Waals surface area (Å²) in [5.41, 5.74) is 0. The maximum atomic E-state index is 12.6. The molecule has 168 valence electrons. The molecule has 31 heavy (non-hydrogen) atoms. The van der Waals surface area contributed by atoms with E-state index in [0.29, 0.717) is 42.8 Å². The van der Waals surface area contributed by atoms with Crippen LogP contribution in [0.3, 0.4) is 0 Å². The Morgan fingerprint density at radius 3 is 2.35 bits per heavy atom. The van der Waals surface area contributed by atoms with Crippen LogP contribution in [0.5, 0.6) is 11.5 Å². The van der Waals surface area contributed by atoms with Crippen molar-refractivity contribution in [1.29, 1.82) is 0 Å². The van der Waals surface area contributed by atoms with Crippen molar-refractivity contribution in [1.82, 2.24) is 9.62 Å². The van der Waals surface area contributed by atoms with Crippen molar-refractivity contribution in [3.8, 4) is 11.5 Å². The predicted molar refractivity (Wildman–Crippen MR) is 116 cm³/mol. The van der Waals surface area contributed by atoms with Crippen LogP contribution >= 0.6 is 11.6 Å². The number of carbonyl (C=O) groups excluding carboxylic acids is 1. The number of nitrogens with one attached hydrogen (secondary N) is 1. The fourth-order valence-corrected chi connectivity index (χ4v) is 4.44. The highest BCUT2D eigenvalue weighted by Gasteiger charge is 2.26. The first-order valence-corrected chi connectivity index (χ1v) is 11.7. The minimum absolute atomic E-state index is 0.211. The van der Waals surface area contributed by atoms with Crippen molar-refractivity contribution in [3.63, 3.8) is 0 Å². The first kappa shape index (κ1) is 23.3. The number of halogens is 1. The van der Waals surface area contributed by atoms with E-state index < -0.39 is 16.1 Å². The van der Waals surface area contributed by atoms with Crippen LogP contribution < -0.4 is 14.8 Å². The third-order valence-electron chi connectivity index (χ3n) is 4.60. The van der Waals surface area contributed by atoms with E-state index in [4.69, 9.17) is 25.8 Å². The van der Waals surface area contributed by atoms with Crippen LogP contribution in [0, 0.1) is 0 Å². The Morgan fingerprint density at radius 2 is 1.71 bits per heavy atom. The second kappa shape index (κ2) is 10.8. The van der Waals surface area contributed by atoms with Crippen molar-refractivity contribution in [2.45, 2.75) is 17.9 Å². The van der Waals surface area contributed by atoms with Crippen molar-refractivity contribution in [2.24, 2.45) is 0 Å². The molecular formula is C21H25ClN2O6S. The zero-order chi connectivity index (χ0) is 22.3. The molecule has 1 aliphatic rings. The Kier molecular flexibility index (Phi) is 8.14. The van der Waals surface area contributed by atoms with Crippen LogP contribution in [0.2, 0.25) is 5.02 Å². The molecule has 1 atom stereocenters. The fourth-order valence-electron chi connectivity index (χ4n) is 2.90. The SMILES string of the molecule is C[C@@H](Oc1ccc(Cl)cc1)C(=O)NCCOc1ccc(S(=O)(=O)N2CCOCC2)cc1. The number of morpholine rings is 1. The Bertz CT molecular complexity index is 960. The van der Waals surface area contributed by atoms with E-state index in [2.05, 4.69) is 5.32 Å². The van der Waals surface area contributed by atoms with Gasteiger partial charge in [0.05, 0.1) is 24.7 Å². The van der Waals surface area contributed by atoms with E-state index in [0.717, 1.165) is 0 Å². The molecule has 1 amide bonds. The van der Waals surface area contributed by atoms with Gasteiger partial charge in [-0.1, -0.05) is 11.6 Å². The highest BCUT2D eigenvalue weighted by Crippen LogP contribution is 2.20. The zero-order valence-electron chi connectivity index (χ0n) is 17.1. The Hall–Kier alpha value is -2.33. The van der Waals surface area contributed by atoms with Gasteiger partial charge in [-0.2, -0.15) is 4.31 Å². The summed E-state index contributed by atoms with van der Waals surface area (Å²) < 4.78 is 43.0. The number of nitrogens with zero attached hydrogens (tertiary/aromatic N) is 1. The number of ether oxygens (including phenoxy) is 3. The summed E-state index contributed by atoms with van der Waals surface area (Å²) in [4.78, 5) is 12.3. The molecule has 0 radical (unpaired) electrons. The molecule has 1 fully saturated rings. The van der Waals surface area contributed by atoms with Gasteiger partial charge in [-0.25, -0.2) is 8.42 Å². The highest BCUT2D eigenvalue weighted by atomic mass is 35.5. The number of rotatable bonds is 9. The molecule has 10 heteroatoms. The molecule has 3 rings (SSSR count). The summed E-state index contributed by atoms with van der Waals surface area (Å²) in [6, 6.07) is 13.0. The maximum absolute atomic E-state index is 12.6. The Balaban J connectivity index is 1.42. The van der Waals surface area contributed by atoms with Crippen molar-refractivity contribution in [3.05, 3.63) is 53.6 Å². The van der Waals surface area contributed by atoms with Crippen LogP contribution in [0.4, 0.5) is 0 Å². The highest BCUT2D eigenvalue weighted by molar-refractivity contribution is 7.89. The monoisotopic (exact) mass is 468 g/mol. The van der Waals surface area contributed by atoms with Gasteiger partial charge in [0.1, 0.15) is 18.1 Å². The van der Waals surface area contributed by atoms with Gasteiger partial charge in [-0.15, -0.1) is 0 Å². The molecule has 1 N–H and O–H groups in total. The molecule has 1 saturated heterocycles. The number of hydrogen-bond acceptors (Lipinski definition) is 6. The van der Waals surface area contributed by atoms with E-state index in [9.17, 15) is 13.2 Å². The molecule has 0 spiro atoms. The molecule has 0 unspecified atom stereocenters. The summed E-state index contributed by atoms with van der Waals surface area (Å²) in [5.74, 6) is 0.793. The van der Waals surface area contributed by atoms with Gasteiger partial charge in [-0.05, 0) is 55.5 Å². The van der Waals surface area contributed by atoms with E-state index in [1.807, 2.05) is 0 Å². The van der Waals surface area contributed by atoms with Gasteiger partial charge >= 0.3 is 0 Å². The molecule has 0 aromatic heterocycles. The van der Waals surface area contributed by atoms with Crippen LogP contribution in [0.15, 0.2) is 53.4 Å². The molecule has 8 nitrogen and oxygen atoms in total. The third kappa shape index (κ3) is 6.57. The van der Waals surface area contributed by atoms with Crippen LogP contribution in [-0.2, 0) is 19.6 Å². The number of hydrogen-bond donors (Lipinski definition) is 1. The van der Waals surface area contributed by atoms with Gasteiger partial charge < -0.3 is 19.5 Å². The molecule has 2 aromatic carbocycles. The van der Waals surface area contributed by atoms with E-state index in [1.54, 1.807) is 43.3 Å². The standard InChI is InChI=1S/C21H25ClN2O6S/c1-16(30-19-4-2-17(22)3-5-19)21(25)23-10-13-29-18-6-8-20(9-7-18)31(26,27)24-11-14-28-15-12-24/h2-9,16H,10-15H2,1H3,(H,23,25)/t16-/m1/s1. The largest absolute Gasteiger partial charge is 0.492 e. The first-order chi connectivity index (χ1) is 14.9. The summed E-state index contributed by atoms with van der Waals surface area (Å²) in [6.07, 6.45) is -0.675. The van der Waals surface area contributed by atoms with Crippen molar-refractivity contribution >= 4 is 27.5 Å². The summed E-state index contributed by atoms with van der Waals surface area (Å²) >= 11 is 5.83. The second-order valence-electron chi connectivity index (χ2n) is 6.84. The van der Waals surface area contributed by atoms with Crippen molar-refractivity contribution < 1.29 is 27.4 Å². The quantitative estimate of drug-likeness (QED) is 0.567. The average Bonchev–Trinajstić information content (AvgIpc) is 2.79. The molecule has 0 aliphatic carbocycles. The Morgan fingerprint density at radius 1 is 1.10 bits per heavy atom. The van der Waals surface area contributed by atoms with Gasteiger partial charge in [0.2, 0.25) is 10.0 Å². The maximum Gasteiger partial charge on any atom is 0.260 e. The lowest BCUT2D eigenvalue weighted by Gasteiger charge is -2.26. The molecule has 1 heterocycles. The minimum Gasteiger partial charge on any atom is -0.492 e. The molecule has 0 saturated carbocycles. The molecule has 2 aromatic rings. The van der Waals surface area contributed by atoms with Gasteiger partial charge in [-0.3, -0.25) is 4.79 Å². The fraction of sp³-hybridized carbons (Fsp3) is 0.381. The van der Waals surface area contributed by atoms with Gasteiger partial charge in [0.15, 0.2) is 6.10 Å². The summed E-state index contributed by atoms with van der Waals surface area (Å²) in [7, 11) is -3.53. The van der Waals surface area contributed by atoms with Gasteiger partial charge in [0.25, 0.3) is 5.91 Å². The number of sulfonamides is 1. The zero-order valence-corrected chi connectivity index (χ0v) is 18.7. The minimum atomic E-state index is -3.53. The van der Waals surface area contributed by atoms with Crippen molar-refractivity contribution in [2.75, 3.05) is 39.5 Å². The summed E-state index contributed by atoms with van der Waals surface area (Å²) in [5, 5.41) is 3.32. The van der Waals surface area contributed by atoms with Crippen LogP contribution in [0.25, 0.3) is 0 Å². The predicted octanol–water partition coefficient (Wildman–Crippen LogP) is 2.32. The number of carbonyl (C=O) groups is 1. The smallest absolute Gasteiger partial charge is 0.260 e. The van der Waals surface area contributed by atoms with E-state index >= 15 is 0 Å². The topological polar surface area (TPSA) is 94.2 Å². The summed E-state index contributed by atoms with van der Waals surface area (Å²) in [6.45, 7) is 3.65. The molecule has 0 bridgehead atoms. The lowest BCUT2D eigenvalue weighted by molar-refractivity contribution is -0.127. The first-order valence-electron chi connectivity index (χ1n) is 9.87. The molecular weight excluding hydrogens is 444 g/mol. The van der Waals surface area contributed by atoms with Crippen LogP contribution in [0.1, 0.15) is 6.92 Å². The second-order valence-corrected chi connectivity index (χ2v) is 9.22. The molecule has 1 aliphatic heterocycles. The Labute approximate surface area is 187 Å². The van der Waals surface area contributed by atoms with Gasteiger partial charge in [0, 0.05) is 18.1 Å². The number of benzene rings is 2. The lowest BCUT2D eigenvalue weighted by atomic mass is 10.3. The van der Waals surface area contributed by atoms with Crippen LogP contribution in [-0.4, -0.2) is 64.2 Å². The normalized spacial score (nSPS) is 15.8. The number of amides is 1. The van der Waals surface area contributed by atoms with E-state index in [1.165, 1.54) is 16.4 Å². The lowest BCUT2D eigenvalue weighted by Crippen LogP contribution is -2.40. The average molecular weight is 469 g/mol. The van der Waals surface area contributed by atoms with E-state index in [-0.39, 0.29) is 24.0 Å².